The molecule has 0 N–H and O–H groups in total. The van der Waals surface area contributed by atoms with Gasteiger partial charge in [-0.25, -0.2) is 4.98 Å². The molecule has 0 unspecified atom stereocenters. The van der Waals surface area contributed by atoms with Gasteiger partial charge in [-0.1, -0.05) is 70.5 Å². The largest absolute Gasteiger partial charge is 0.346 e. The summed E-state index contributed by atoms with van der Waals surface area (Å²) in [5.41, 5.74) is 3.50. The van der Waals surface area contributed by atoms with Gasteiger partial charge in [0.05, 0.1) is 5.69 Å². The maximum Gasteiger partial charge on any atom is 0.185 e. The van der Waals surface area contributed by atoms with E-state index in [1.54, 1.807) is 11.3 Å². The fourth-order valence-electron chi connectivity index (χ4n) is 3.19. The molecule has 0 atom stereocenters. The smallest absolute Gasteiger partial charge is 0.185 e. The van der Waals surface area contributed by atoms with Crippen molar-refractivity contribution >= 4 is 38.5 Å². The average Bonchev–Trinajstić information content (AvgIpc) is 3.20. The van der Waals surface area contributed by atoms with Crippen LogP contribution in [0.5, 0.6) is 0 Å². The van der Waals surface area contributed by atoms with Crippen molar-refractivity contribution in [3.8, 4) is 11.3 Å². The number of anilines is 1. The second-order valence-corrected chi connectivity index (χ2v) is 8.38. The minimum absolute atomic E-state index is 1.00. The first kappa shape index (κ1) is 18.4. The molecule has 5 heteroatoms. The van der Waals surface area contributed by atoms with Crippen LogP contribution in [0.1, 0.15) is 5.56 Å². The lowest BCUT2D eigenvalue weighted by molar-refractivity contribution is 0.284. The molecule has 4 rings (SSSR count). The first-order valence-electron chi connectivity index (χ1n) is 9.18. The number of aromatic nitrogens is 1. The van der Waals surface area contributed by atoms with Gasteiger partial charge in [0, 0.05) is 48.1 Å². The summed E-state index contributed by atoms with van der Waals surface area (Å²) in [7, 11) is 0. The van der Waals surface area contributed by atoms with Gasteiger partial charge < -0.3 is 4.90 Å². The zero-order valence-corrected chi connectivity index (χ0v) is 17.5. The van der Waals surface area contributed by atoms with E-state index >= 15 is 0 Å². The highest BCUT2D eigenvalue weighted by atomic mass is 79.9. The molecule has 0 spiro atoms. The SMILES string of the molecule is Brc1ccc(-c2csc(N3CCN(C/C=C/c4ccccc4)CC3)n2)cc1. The van der Waals surface area contributed by atoms with E-state index in [9.17, 15) is 0 Å². The summed E-state index contributed by atoms with van der Waals surface area (Å²) >= 11 is 5.23. The number of hydrogen-bond donors (Lipinski definition) is 0. The predicted molar refractivity (Wildman–Crippen MR) is 119 cm³/mol. The normalized spacial score (nSPS) is 15.5. The van der Waals surface area contributed by atoms with Crippen LogP contribution in [0.15, 0.2) is 70.5 Å². The number of rotatable bonds is 5. The van der Waals surface area contributed by atoms with E-state index in [0.29, 0.717) is 0 Å². The Balaban J connectivity index is 1.30. The van der Waals surface area contributed by atoms with Crippen LogP contribution >= 0.6 is 27.3 Å². The molecule has 1 saturated heterocycles. The van der Waals surface area contributed by atoms with E-state index in [2.05, 4.69) is 97.9 Å². The van der Waals surface area contributed by atoms with Crippen LogP contribution in [0, 0.1) is 0 Å². The number of halogens is 1. The van der Waals surface area contributed by atoms with E-state index in [1.807, 2.05) is 0 Å². The van der Waals surface area contributed by atoms with Crippen molar-refractivity contribution in [3.63, 3.8) is 0 Å². The van der Waals surface area contributed by atoms with E-state index < -0.39 is 0 Å². The minimum atomic E-state index is 1.00. The van der Waals surface area contributed by atoms with Crippen molar-refractivity contribution in [3.05, 3.63) is 76.1 Å². The van der Waals surface area contributed by atoms with Crippen LogP contribution in [0.3, 0.4) is 0 Å². The molecule has 3 nitrogen and oxygen atoms in total. The Kier molecular flexibility index (Phi) is 6.02. The second kappa shape index (κ2) is 8.83. The summed E-state index contributed by atoms with van der Waals surface area (Å²) in [6.45, 7) is 5.22. The third-order valence-corrected chi connectivity index (χ3v) is 6.18. The highest BCUT2D eigenvalue weighted by Gasteiger charge is 2.18. The number of benzene rings is 2. The fourth-order valence-corrected chi connectivity index (χ4v) is 4.34. The van der Waals surface area contributed by atoms with Gasteiger partial charge in [-0.2, -0.15) is 0 Å². The Morgan fingerprint density at radius 1 is 0.963 bits per heavy atom. The van der Waals surface area contributed by atoms with Gasteiger partial charge in [0.2, 0.25) is 0 Å². The van der Waals surface area contributed by atoms with Crippen molar-refractivity contribution in [1.29, 1.82) is 0 Å². The monoisotopic (exact) mass is 439 g/mol. The van der Waals surface area contributed by atoms with Crippen LogP contribution < -0.4 is 4.90 Å². The maximum atomic E-state index is 4.86. The lowest BCUT2D eigenvalue weighted by atomic mass is 10.2. The molecule has 0 radical (unpaired) electrons. The lowest BCUT2D eigenvalue weighted by Gasteiger charge is -2.33. The topological polar surface area (TPSA) is 19.4 Å². The van der Waals surface area contributed by atoms with Crippen molar-refractivity contribution in [1.82, 2.24) is 9.88 Å². The zero-order valence-electron chi connectivity index (χ0n) is 15.1. The van der Waals surface area contributed by atoms with Crippen molar-refractivity contribution in [2.75, 3.05) is 37.6 Å². The van der Waals surface area contributed by atoms with Gasteiger partial charge in [-0.05, 0) is 17.7 Å². The molecule has 1 aromatic heterocycles. The summed E-state index contributed by atoms with van der Waals surface area (Å²) in [6, 6.07) is 18.8. The molecule has 1 aliphatic rings. The van der Waals surface area contributed by atoms with Gasteiger partial charge in [-0.15, -0.1) is 11.3 Å². The standard InChI is InChI=1S/C22H22BrN3S/c23-20-10-8-19(9-11-20)21-17-27-22(24-21)26-15-13-25(14-16-26)12-4-7-18-5-2-1-3-6-18/h1-11,17H,12-16H2/b7-4+. The molecule has 1 fully saturated rings. The van der Waals surface area contributed by atoms with Crippen LogP contribution in [-0.2, 0) is 0 Å². The van der Waals surface area contributed by atoms with E-state index in [0.717, 1.165) is 48.0 Å². The average molecular weight is 440 g/mol. The Labute approximate surface area is 173 Å². The molecular weight excluding hydrogens is 418 g/mol. The molecule has 0 amide bonds. The Morgan fingerprint density at radius 3 is 2.44 bits per heavy atom. The van der Waals surface area contributed by atoms with Crippen LogP contribution in [-0.4, -0.2) is 42.6 Å². The molecule has 0 aliphatic carbocycles. The first-order chi connectivity index (χ1) is 13.3. The Bertz CT molecular complexity index is 881. The van der Waals surface area contributed by atoms with Gasteiger partial charge in [0.1, 0.15) is 0 Å². The molecule has 138 valence electrons. The minimum Gasteiger partial charge on any atom is -0.346 e. The van der Waals surface area contributed by atoms with Crippen LogP contribution in [0.25, 0.3) is 17.3 Å². The maximum absolute atomic E-state index is 4.86. The van der Waals surface area contributed by atoms with Crippen LogP contribution in [0.2, 0.25) is 0 Å². The number of piperazine rings is 1. The highest BCUT2D eigenvalue weighted by Crippen LogP contribution is 2.28. The quantitative estimate of drug-likeness (QED) is 0.529. The first-order valence-corrected chi connectivity index (χ1v) is 10.9. The van der Waals surface area contributed by atoms with Crippen molar-refractivity contribution in [2.45, 2.75) is 0 Å². The molecule has 3 aromatic rings. The van der Waals surface area contributed by atoms with Gasteiger partial charge in [-0.3, -0.25) is 4.90 Å². The molecular formula is C22H22BrN3S. The van der Waals surface area contributed by atoms with Crippen molar-refractivity contribution < 1.29 is 0 Å². The number of nitrogens with zero attached hydrogens (tertiary/aromatic N) is 3. The van der Waals surface area contributed by atoms with E-state index in [4.69, 9.17) is 4.98 Å². The summed E-state index contributed by atoms with van der Waals surface area (Å²) in [5, 5.41) is 3.29. The summed E-state index contributed by atoms with van der Waals surface area (Å²) in [4.78, 5) is 9.76. The van der Waals surface area contributed by atoms with Gasteiger partial charge in [0.25, 0.3) is 0 Å². The van der Waals surface area contributed by atoms with Crippen LogP contribution in [0.4, 0.5) is 5.13 Å². The summed E-state index contributed by atoms with van der Waals surface area (Å²) < 4.78 is 1.10. The second-order valence-electron chi connectivity index (χ2n) is 6.62. The van der Waals surface area contributed by atoms with Crippen molar-refractivity contribution in [2.24, 2.45) is 0 Å². The lowest BCUT2D eigenvalue weighted by Crippen LogP contribution is -2.46. The molecule has 2 heterocycles. The third-order valence-electron chi connectivity index (χ3n) is 4.75. The molecule has 2 aromatic carbocycles. The third kappa shape index (κ3) is 4.86. The molecule has 27 heavy (non-hydrogen) atoms. The highest BCUT2D eigenvalue weighted by molar-refractivity contribution is 9.10. The zero-order chi connectivity index (χ0) is 18.5. The van der Waals surface area contributed by atoms with Gasteiger partial charge in [0.15, 0.2) is 5.13 Å². The van der Waals surface area contributed by atoms with E-state index in [1.165, 1.54) is 11.1 Å². The Morgan fingerprint density at radius 2 is 1.70 bits per heavy atom. The Hall–Kier alpha value is -1.95. The number of hydrogen-bond acceptors (Lipinski definition) is 4. The molecule has 0 bridgehead atoms. The van der Waals surface area contributed by atoms with Gasteiger partial charge >= 0.3 is 0 Å². The molecule has 0 saturated carbocycles. The van der Waals surface area contributed by atoms with E-state index in [-0.39, 0.29) is 0 Å². The molecule has 1 aliphatic heterocycles. The fraction of sp³-hybridized carbons (Fsp3) is 0.227. The summed E-state index contributed by atoms with van der Waals surface area (Å²) in [5.74, 6) is 0. The summed E-state index contributed by atoms with van der Waals surface area (Å²) in [6.07, 6.45) is 4.47. The number of thiazole rings is 1. The predicted octanol–water partition coefficient (Wildman–Crippen LogP) is 5.41.